The maximum absolute atomic E-state index is 12.6. The molecule has 4 rings (SSSR count). The molecule has 0 radical (unpaired) electrons. The van der Waals surface area contributed by atoms with E-state index in [1.54, 1.807) is 24.3 Å². The van der Waals surface area contributed by atoms with E-state index in [1.165, 1.54) is 6.92 Å². The van der Waals surface area contributed by atoms with E-state index in [2.05, 4.69) is 15.6 Å². The molecule has 0 fully saturated rings. The third-order valence-electron chi connectivity index (χ3n) is 5.32. The first-order valence-corrected chi connectivity index (χ1v) is 9.77. The first-order chi connectivity index (χ1) is 14.3. The standard InChI is InChI=1S/C22H21N3O5/c1-11(26)23-12-5-7-16-14(9-12)15(22(30)25-16)10-18-13(6-8-20(28)29)21-17(24-18)3-2-4-19(21)27/h5,7,9-10,24H,2-4,6,8H2,1H3,(H,23,26)(H,25,30)(H,28,29). The fourth-order valence-corrected chi connectivity index (χ4v) is 4.06. The SMILES string of the molecule is CC(=O)Nc1ccc2c(c1)C(=Cc1[nH]c3c(c1CCC(=O)O)C(=O)CCC3)C(=O)N2. The van der Waals surface area contributed by atoms with Crippen LogP contribution < -0.4 is 10.6 Å². The number of amides is 2. The first kappa shape index (κ1) is 19.6. The Balaban J connectivity index is 1.80. The number of carboxylic acids is 1. The molecule has 0 spiro atoms. The number of aromatic nitrogens is 1. The van der Waals surface area contributed by atoms with Crippen molar-refractivity contribution in [1.82, 2.24) is 4.98 Å². The van der Waals surface area contributed by atoms with E-state index in [9.17, 15) is 19.2 Å². The quantitative estimate of drug-likeness (QED) is 0.567. The number of fused-ring (bicyclic) bond motifs is 2. The summed E-state index contributed by atoms with van der Waals surface area (Å²) >= 11 is 0. The number of aromatic amines is 1. The Morgan fingerprint density at radius 2 is 2.03 bits per heavy atom. The van der Waals surface area contributed by atoms with Gasteiger partial charge < -0.3 is 20.7 Å². The van der Waals surface area contributed by atoms with E-state index in [0.717, 1.165) is 12.1 Å². The number of Topliss-reactive ketones (excluding diaryl/α,β-unsaturated/α-hetero) is 1. The minimum atomic E-state index is -0.948. The molecule has 1 aliphatic heterocycles. The molecule has 154 valence electrons. The highest BCUT2D eigenvalue weighted by Gasteiger charge is 2.29. The molecule has 0 atom stereocenters. The van der Waals surface area contributed by atoms with Crippen LogP contribution in [-0.4, -0.2) is 33.7 Å². The van der Waals surface area contributed by atoms with Crippen LogP contribution in [0.5, 0.6) is 0 Å². The maximum Gasteiger partial charge on any atom is 0.303 e. The van der Waals surface area contributed by atoms with Crippen LogP contribution in [0.4, 0.5) is 11.4 Å². The van der Waals surface area contributed by atoms with Gasteiger partial charge in [-0.05, 0) is 49.1 Å². The number of aliphatic carboxylic acids is 1. The summed E-state index contributed by atoms with van der Waals surface area (Å²) in [7, 11) is 0. The van der Waals surface area contributed by atoms with Crippen LogP contribution in [0.15, 0.2) is 18.2 Å². The second-order valence-electron chi connectivity index (χ2n) is 7.49. The van der Waals surface area contributed by atoms with Crippen LogP contribution >= 0.6 is 0 Å². The van der Waals surface area contributed by atoms with Crippen LogP contribution in [0.25, 0.3) is 11.6 Å². The number of carbonyl (C=O) groups excluding carboxylic acids is 3. The molecule has 8 heteroatoms. The summed E-state index contributed by atoms with van der Waals surface area (Å²) in [5.74, 6) is -1.46. The summed E-state index contributed by atoms with van der Waals surface area (Å²) in [6, 6.07) is 5.13. The van der Waals surface area contributed by atoms with Gasteiger partial charge >= 0.3 is 5.97 Å². The van der Waals surface area contributed by atoms with Gasteiger partial charge in [0.1, 0.15) is 0 Å². The molecule has 8 nitrogen and oxygen atoms in total. The van der Waals surface area contributed by atoms with Gasteiger partial charge in [0.25, 0.3) is 5.91 Å². The second kappa shape index (κ2) is 7.62. The van der Waals surface area contributed by atoms with Gasteiger partial charge in [0.15, 0.2) is 5.78 Å². The Bertz CT molecular complexity index is 1130. The average molecular weight is 407 g/mol. The summed E-state index contributed by atoms with van der Waals surface area (Å²) in [6.07, 6.45) is 3.64. The Labute approximate surface area is 172 Å². The van der Waals surface area contributed by atoms with Gasteiger partial charge in [-0.3, -0.25) is 19.2 Å². The number of hydrogen-bond donors (Lipinski definition) is 4. The highest BCUT2D eigenvalue weighted by atomic mass is 16.4. The average Bonchev–Trinajstić information content (AvgIpc) is 3.18. The number of carboxylic acid groups (broad SMARTS) is 1. The number of ketones is 1. The zero-order chi connectivity index (χ0) is 21.4. The zero-order valence-electron chi connectivity index (χ0n) is 16.4. The number of H-pyrrole nitrogens is 1. The number of anilines is 2. The van der Waals surface area contributed by atoms with E-state index >= 15 is 0 Å². The lowest BCUT2D eigenvalue weighted by molar-refractivity contribution is -0.137. The largest absolute Gasteiger partial charge is 0.481 e. The second-order valence-corrected chi connectivity index (χ2v) is 7.49. The smallest absolute Gasteiger partial charge is 0.303 e. The minimum Gasteiger partial charge on any atom is -0.481 e. The monoisotopic (exact) mass is 407 g/mol. The molecule has 1 aromatic carbocycles. The molecular weight excluding hydrogens is 386 g/mol. The third kappa shape index (κ3) is 3.63. The fourth-order valence-electron chi connectivity index (χ4n) is 4.06. The minimum absolute atomic E-state index is 0.00163. The lowest BCUT2D eigenvalue weighted by Gasteiger charge is -2.11. The van der Waals surface area contributed by atoms with E-state index in [0.29, 0.717) is 52.2 Å². The van der Waals surface area contributed by atoms with Crippen LogP contribution in [0.1, 0.15) is 59.1 Å². The van der Waals surface area contributed by atoms with Crippen molar-refractivity contribution >= 4 is 46.6 Å². The van der Waals surface area contributed by atoms with Crippen molar-refractivity contribution in [3.8, 4) is 0 Å². The lowest BCUT2D eigenvalue weighted by atomic mass is 9.91. The van der Waals surface area contributed by atoms with Gasteiger partial charge in [-0.25, -0.2) is 0 Å². The molecule has 0 bridgehead atoms. The number of hydrogen-bond acceptors (Lipinski definition) is 4. The van der Waals surface area contributed by atoms with E-state index in [-0.39, 0.29) is 30.4 Å². The molecule has 0 saturated heterocycles. The highest BCUT2D eigenvalue weighted by molar-refractivity contribution is 6.35. The Kier molecular flexibility index (Phi) is 4.99. The molecule has 2 heterocycles. The Morgan fingerprint density at radius 3 is 2.77 bits per heavy atom. The van der Waals surface area contributed by atoms with Crippen molar-refractivity contribution in [2.75, 3.05) is 10.6 Å². The predicted octanol–water partition coefficient (Wildman–Crippen LogP) is 3.00. The fraction of sp³-hybridized carbons (Fsp3) is 0.273. The molecule has 0 saturated carbocycles. The predicted molar refractivity (Wildman–Crippen MR) is 111 cm³/mol. The van der Waals surface area contributed by atoms with Crippen molar-refractivity contribution in [2.24, 2.45) is 0 Å². The molecule has 1 aliphatic carbocycles. The summed E-state index contributed by atoms with van der Waals surface area (Å²) in [6.45, 7) is 1.41. The molecule has 4 N–H and O–H groups in total. The summed E-state index contributed by atoms with van der Waals surface area (Å²) in [5, 5.41) is 14.6. The summed E-state index contributed by atoms with van der Waals surface area (Å²) in [5.41, 5.74) is 4.80. The van der Waals surface area contributed by atoms with E-state index in [1.807, 2.05) is 0 Å². The number of benzene rings is 1. The van der Waals surface area contributed by atoms with Crippen LogP contribution in [0.2, 0.25) is 0 Å². The van der Waals surface area contributed by atoms with Gasteiger partial charge in [0.05, 0.1) is 5.57 Å². The highest BCUT2D eigenvalue weighted by Crippen LogP contribution is 2.37. The van der Waals surface area contributed by atoms with Gasteiger partial charge in [0.2, 0.25) is 5.91 Å². The summed E-state index contributed by atoms with van der Waals surface area (Å²) in [4.78, 5) is 50.9. The van der Waals surface area contributed by atoms with Gasteiger partial charge in [0, 0.05) is 53.7 Å². The summed E-state index contributed by atoms with van der Waals surface area (Å²) < 4.78 is 0. The Hall–Kier alpha value is -3.68. The van der Waals surface area contributed by atoms with Crippen molar-refractivity contribution in [3.63, 3.8) is 0 Å². The normalized spacial score (nSPS) is 16.2. The molecular formula is C22H21N3O5. The molecule has 30 heavy (non-hydrogen) atoms. The molecule has 2 aliphatic rings. The molecule has 1 aromatic heterocycles. The van der Waals surface area contributed by atoms with Crippen molar-refractivity contribution in [3.05, 3.63) is 46.3 Å². The van der Waals surface area contributed by atoms with Gasteiger partial charge in [-0.15, -0.1) is 0 Å². The van der Waals surface area contributed by atoms with Crippen molar-refractivity contribution < 1.29 is 24.3 Å². The lowest BCUT2D eigenvalue weighted by Crippen LogP contribution is -2.11. The van der Waals surface area contributed by atoms with Gasteiger partial charge in [-0.2, -0.15) is 0 Å². The number of aryl methyl sites for hydroxylation is 1. The van der Waals surface area contributed by atoms with Crippen LogP contribution in [0.3, 0.4) is 0 Å². The molecule has 2 aromatic rings. The number of rotatable bonds is 5. The molecule has 2 amide bonds. The van der Waals surface area contributed by atoms with Crippen LogP contribution in [0, 0.1) is 0 Å². The van der Waals surface area contributed by atoms with Crippen LogP contribution in [-0.2, 0) is 27.2 Å². The van der Waals surface area contributed by atoms with Gasteiger partial charge in [-0.1, -0.05) is 0 Å². The van der Waals surface area contributed by atoms with Crippen molar-refractivity contribution in [2.45, 2.75) is 39.0 Å². The first-order valence-electron chi connectivity index (χ1n) is 9.77. The zero-order valence-corrected chi connectivity index (χ0v) is 16.4. The van der Waals surface area contributed by atoms with E-state index in [4.69, 9.17) is 5.11 Å². The topological polar surface area (TPSA) is 128 Å². The molecule has 0 unspecified atom stereocenters. The maximum atomic E-state index is 12.6. The third-order valence-corrected chi connectivity index (χ3v) is 5.32. The number of carbonyl (C=O) groups is 4. The Morgan fingerprint density at radius 1 is 1.23 bits per heavy atom. The number of nitrogens with one attached hydrogen (secondary N) is 3. The van der Waals surface area contributed by atoms with Crippen molar-refractivity contribution in [1.29, 1.82) is 0 Å². The van der Waals surface area contributed by atoms with E-state index < -0.39 is 5.97 Å².